The lowest BCUT2D eigenvalue weighted by Gasteiger charge is -2.22. The number of aliphatic hydroxyl groups is 1. The Labute approximate surface area is 174 Å². The van der Waals surface area contributed by atoms with Crippen LogP contribution >= 0.6 is 0 Å². The Kier molecular flexibility index (Phi) is 4.98. The van der Waals surface area contributed by atoms with E-state index in [0.717, 1.165) is 45.0 Å². The number of fused-ring (bicyclic) bond motifs is 2. The number of carbonyl (C=O) groups is 1. The summed E-state index contributed by atoms with van der Waals surface area (Å²) in [6.07, 6.45) is 3.01. The van der Waals surface area contributed by atoms with E-state index in [1.807, 2.05) is 12.1 Å². The second-order valence-corrected chi connectivity index (χ2v) is 8.72. The van der Waals surface area contributed by atoms with Crippen molar-refractivity contribution in [1.82, 2.24) is 14.8 Å². The quantitative estimate of drug-likeness (QED) is 0.450. The number of hydrogen-bond acceptors (Lipinski definition) is 3. The van der Waals surface area contributed by atoms with E-state index in [-0.39, 0.29) is 18.3 Å². The molecule has 0 radical (unpaired) electrons. The lowest BCUT2D eigenvalue weighted by atomic mass is 9.83. The predicted molar refractivity (Wildman–Crippen MR) is 117 cm³/mol. The van der Waals surface area contributed by atoms with Crippen LogP contribution in [0.25, 0.3) is 27.5 Å². The van der Waals surface area contributed by atoms with Crippen molar-refractivity contribution < 1.29 is 14.3 Å². The van der Waals surface area contributed by atoms with Gasteiger partial charge in [0.1, 0.15) is 12.1 Å². The number of aldehydes is 1. The Morgan fingerprint density at radius 1 is 1.30 bits per heavy atom. The zero-order chi connectivity index (χ0) is 21.6. The molecule has 0 aliphatic heterocycles. The minimum absolute atomic E-state index is 0.142. The van der Waals surface area contributed by atoms with Gasteiger partial charge in [-0.1, -0.05) is 20.8 Å². The van der Waals surface area contributed by atoms with Crippen LogP contribution in [0.5, 0.6) is 0 Å². The van der Waals surface area contributed by atoms with Crippen LogP contribution in [-0.4, -0.2) is 32.8 Å². The molecule has 1 atom stereocenters. The topological polar surface area (TPSA) is 70.9 Å². The van der Waals surface area contributed by atoms with Gasteiger partial charge in [-0.3, -0.25) is 5.10 Å². The molecule has 0 aliphatic carbocycles. The first-order valence-corrected chi connectivity index (χ1v) is 10.1. The molecule has 0 spiro atoms. The first-order chi connectivity index (χ1) is 14.3. The van der Waals surface area contributed by atoms with Crippen LogP contribution in [0.4, 0.5) is 4.39 Å². The molecule has 0 saturated heterocycles. The second-order valence-electron chi connectivity index (χ2n) is 8.72. The number of hydrogen-bond donors (Lipinski definition) is 2. The number of aliphatic hydroxyl groups excluding tert-OH is 1. The molecule has 0 aliphatic rings. The van der Waals surface area contributed by atoms with Crippen molar-refractivity contribution in [2.24, 2.45) is 5.41 Å². The molecule has 4 rings (SSSR count). The summed E-state index contributed by atoms with van der Waals surface area (Å²) in [7, 11) is 0. The van der Waals surface area contributed by atoms with Crippen molar-refractivity contribution in [1.29, 1.82) is 0 Å². The van der Waals surface area contributed by atoms with Crippen molar-refractivity contribution in [3.8, 4) is 5.69 Å². The molecular formula is C24H26FN3O2. The Bertz CT molecular complexity index is 1250. The predicted octanol–water partition coefficient (Wildman–Crippen LogP) is 4.82. The summed E-state index contributed by atoms with van der Waals surface area (Å²) in [6, 6.07) is 9.23. The van der Waals surface area contributed by atoms with Gasteiger partial charge in [0.05, 0.1) is 29.3 Å². The van der Waals surface area contributed by atoms with Gasteiger partial charge in [-0.05, 0) is 60.7 Å². The molecule has 1 unspecified atom stereocenters. The summed E-state index contributed by atoms with van der Waals surface area (Å²) < 4.78 is 16.1. The minimum atomic E-state index is -0.885. The van der Waals surface area contributed by atoms with Crippen LogP contribution in [-0.2, 0) is 11.2 Å². The van der Waals surface area contributed by atoms with E-state index in [4.69, 9.17) is 0 Å². The van der Waals surface area contributed by atoms with E-state index >= 15 is 0 Å². The average Bonchev–Trinajstić information content (AvgIpc) is 3.30. The van der Waals surface area contributed by atoms with Gasteiger partial charge in [-0.2, -0.15) is 5.10 Å². The van der Waals surface area contributed by atoms with Crippen LogP contribution in [0.2, 0.25) is 0 Å². The zero-order valence-electron chi connectivity index (χ0n) is 17.7. The van der Waals surface area contributed by atoms with E-state index in [1.165, 1.54) is 6.07 Å². The maximum atomic E-state index is 14.0. The number of rotatable bonds is 6. The maximum absolute atomic E-state index is 14.0. The summed E-state index contributed by atoms with van der Waals surface area (Å²) in [5.74, 6) is -0.101. The third-order valence-electron chi connectivity index (χ3n) is 5.85. The Morgan fingerprint density at radius 3 is 2.70 bits per heavy atom. The molecule has 2 heterocycles. The van der Waals surface area contributed by atoms with Gasteiger partial charge in [-0.15, -0.1) is 0 Å². The number of nitrogens with one attached hydrogen (secondary N) is 1. The zero-order valence-corrected chi connectivity index (χ0v) is 17.7. The molecule has 2 N–H and O–H groups in total. The Morgan fingerprint density at radius 2 is 2.07 bits per heavy atom. The number of aromatic nitrogens is 3. The molecule has 0 saturated carbocycles. The normalized spacial score (nSPS) is 14.0. The van der Waals surface area contributed by atoms with Crippen LogP contribution in [0, 0.1) is 18.2 Å². The van der Waals surface area contributed by atoms with E-state index < -0.39 is 5.41 Å². The van der Waals surface area contributed by atoms with Crippen LogP contribution in [0.15, 0.2) is 36.5 Å². The van der Waals surface area contributed by atoms with Gasteiger partial charge in [0.25, 0.3) is 0 Å². The van der Waals surface area contributed by atoms with Crippen molar-refractivity contribution in [3.63, 3.8) is 0 Å². The molecule has 6 heteroatoms. The first-order valence-electron chi connectivity index (χ1n) is 10.1. The van der Waals surface area contributed by atoms with Crippen molar-refractivity contribution in [3.05, 3.63) is 59.2 Å². The van der Waals surface area contributed by atoms with Crippen molar-refractivity contribution in [2.75, 3.05) is 6.61 Å². The number of halogens is 1. The number of aryl methyl sites for hydroxylation is 1. The van der Waals surface area contributed by atoms with Crippen LogP contribution < -0.4 is 0 Å². The van der Waals surface area contributed by atoms with Gasteiger partial charge in [0, 0.05) is 22.2 Å². The van der Waals surface area contributed by atoms with Crippen LogP contribution in [0.1, 0.15) is 43.5 Å². The first kappa shape index (κ1) is 20.3. The number of nitrogens with zero attached hydrogens (tertiary/aromatic N) is 2. The summed E-state index contributed by atoms with van der Waals surface area (Å²) >= 11 is 0. The Balaban J connectivity index is 2.12. The van der Waals surface area contributed by atoms with E-state index in [1.54, 1.807) is 26.1 Å². The number of carbonyl (C=O) groups excluding carboxylic acids is 1. The van der Waals surface area contributed by atoms with Gasteiger partial charge in [0.15, 0.2) is 0 Å². The van der Waals surface area contributed by atoms with Crippen LogP contribution in [0.3, 0.4) is 0 Å². The molecule has 4 aromatic rings. The SMILES string of the molecule is Cc1cc(-n2c(C(C)C)c(CC(C)(C=O)CO)c3cc4[nH]ncc4cc32)ccc1F. The highest BCUT2D eigenvalue weighted by atomic mass is 19.1. The minimum Gasteiger partial charge on any atom is -0.395 e. The summed E-state index contributed by atoms with van der Waals surface area (Å²) in [5.41, 5.74) is 4.50. The second kappa shape index (κ2) is 7.36. The molecule has 156 valence electrons. The molecule has 2 aromatic carbocycles. The highest BCUT2D eigenvalue weighted by molar-refractivity contribution is 5.99. The molecule has 30 heavy (non-hydrogen) atoms. The van der Waals surface area contributed by atoms with Crippen molar-refractivity contribution >= 4 is 28.1 Å². The number of H-pyrrole nitrogens is 1. The van der Waals surface area contributed by atoms with Crippen molar-refractivity contribution in [2.45, 2.75) is 40.0 Å². The summed E-state index contributed by atoms with van der Waals surface area (Å²) in [4.78, 5) is 11.8. The molecule has 2 aromatic heterocycles. The molecule has 0 bridgehead atoms. The number of benzene rings is 2. The lowest BCUT2D eigenvalue weighted by molar-refractivity contribution is -0.117. The largest absolute Gasteiger partial charge is 0.395 e. The fourth-order valence-corrected chi connectivity index (χ4v) is 4.19. The summed E-state index contributed by atoms with van der Waals surface area (Å²) in [6.45, 7) is 7.50. The van der Waals surface area contributed by atoms with E-state index in [9.17, 15) is 14.3 Å². The monoisotopic (exact) mass is 407 g/mol. The average molecular weight is 407 g/mol. The van der Waals surface area contributed by atoms with Gasteiger partial charge in [-0.25, -0.2) is 4.39 Å². The molecular weight excluding hydrogens is 381 g/mol. The smallest absolute Gasteiger partial charge is 0.128 e. The standard InChI is InChI=1S/C24H26FN3O2/c1-14(2)23-19(10-24(4,12-29)13-30)18-9-21-16(11-26-27-21)8-22(18)28(23)17-5-6-20(25)15(3)7-17/h5-9,11-12,14,30H,10,13H2,1-4H3,(H,26,27). The fraction of sp³-hybridized carbons (Fsp3) is 0.333. The molecule has 0 fully saturated rings. The highest BCUT2D eigenvalue weighted by Crippen LogP contribution is 2.39. The summed E-state index contributed by atoms with van der Waals surface area (Å²) in [5, 5.41) is 19.0. The van der Waals surface area contributed by atoms with Gasteiger partial charge >= 0.3 is 0 Å². The van der Waals surface area contributed by atoms with Gasteiger partial charge < -0.3 is 14.5 Å². The van der Waals surface area contributed by atoms with Gasteiger partial charge in [0.2, 0.25) is 0 Å². The third kappa shape index (κ3) is 3.21. The van der Waals surface area contributed by atoms with E-state index in [2.05, 4.69) is 34.7 Å². The molecule has 0 amide bonds. The maximum Gasteiger partial charge on any atom is 0.128 e. The highest BCUT2D eigenvalue weighted by Gasteiger charge is 2.29. The van der Waals surface area contributed by atoms with E-state index in [0.29, 0.717) is 12.0 Å². The fourth-order valence-electron chi connectivity index (χ4n) is 4.19. The molecule has 5 nitrogen and oxygen atoms in total. The Hall–Kier alpha value is -2.99. The number of aromatic amines is 1. The third-order valence-corrected chi connectivity index (χ3v) is 5.85. The lowest BCUT2D eigenvalue weighted by Crippen LogP contribution is -2.26.